The molecule has 0 bridgehead atoms. The standard InChI is InChI=1S/C49H45N4Si/c1-35(2)51-34-52(46-26-15-14-25-45(46)51)37-17-16-22-40(32-37)54(38-18-8-6-9-19-38,39-20-10-7-11-21-39)41-27-28-43-42-23-12-13-24-44(42)53(47(43)33-41)48-31-36(29-30-50-48)49(3,4)5/h6-35H,1-5H3/q+1. The Bertz CT molecular complexity index is 2750. The zero-order valence-corrected chi connectivity index (χ0v) is 32.6. The molecule has 54 heavy (non-hydrogen) atoms. The highest BCUT2D eigenvalue weighted by Gasteiger charge is 2.42. The van der Waals surface area contributed by atoms with Crippen molar-refractivity contribution in [1.82, 2.24) is 14.1 Å². The normalized spacial score (nSPS) is 12.3. The summed E-state index contributed by atoms with van der Waals surface area (Å²) in [7, 11) is -2.93. The van der Waals surface area contributed by atoms with Crippen LogP contribution in [-0.4, -0.2) is 22.2 Å². The fourth-order valence-corrected chi connectivity index (χ4v) is 13.3. The number of aromatic nitrogens is 4. The first-order valence-corrected chi connectivity index (χ1v) is 21.0. The van der Waals surface area contributed by atoms with Crippen molar-refractivity contribution < 1.29 is 4.57 Å². The molecule has 3 aromatic heterocycles. The van der Waals surface area contributed by atoms with Gasteiger partial charge in [-0.05, 0) is 94.1 Å². The Morgan fingerprint density at radius 1 is 0.556 bits per heavy atom. The Labute approximate surface area is 318 Å². The van der Waals surface area contributed by atoms with Crippen LogP contribution in [0.3, 0.4) is 0 Å². The van der Waals surface area contributed by atoms with Gasteiger partial charge in [0.25, 0.3) is 0 Å². The maximum absolute atomic E-state index is 5.02. The molecule has 4 nitrogen and oxygen atoms in total. The van der Waals surface area contributed by atoms with Gasteiger partial charge in [0.2, 0.25) is 6.33 Å². The van der Waals surface area contributed by atoms with Crippen molar-refractivity contribution >= 4 is 61.7 Å². The van der Waals surface area contributed by atoms with Gasteiger partial charge in [0.1, 0.15) is 11.5 Å². The minimum atomic E-state index is -2.93. The maximum atomic E-state index is 5.02. The second-order valence-corrected chi connectivity index (χ2v) is 19.6. The van der Waals surface area contributed by atoms with Crippen molar-refractivity contribution in [3.8, 4) is 11.5 Å². The number of hydrogen-bond acceptors (Lipinski definition) is 1. The van der Waals surface area contributed by atoms with E-state index in [2.05, 4.69) is 218 Å². The lowest BCUT2D eigenvalue weighted by Crippen LogP contribution is -2.74. The molecule has 0 spiro atoms. The van der Waals surface area contributed by atoms with Crippen LogP contribution in [0.2, 0.25) is 0 Å². The van der Waals surface area contributed by atoms with Gasteiger partial charge in [0.05, 0.1) is 17.1 Å². The molecule has 0 aliphatic rings. The van der Waals surface area contributed by atoms with Crippen molar-refractivity contribution in [2.45, 2.75) is 46.1 Å². The van der Waals surface area contributed by atoms with E-state index in [-0.39, 0.29) is 5.41 Å². The van der Waals surface area contributed by atoms with Gasteiger partial charge in [-0.25, -0.2) is 9.55 Å². The summed E-state index contributed by atoms with van der Waals surface area (Å²) >= 11 is 0. The number of fused-ring (bicyclic) bond motifs is 4. The van der Waals surface area contributed by atoms with Crippen LogP contribution in [0.1, 0.15) is 46.2 Å². The summed E-state index contributed by atoms with van der Waals surface area (Å²) in [5, 5.41) is 7.81. The molecule has 0 aliphatic heterocycles. The largest absolute Gasteiger partial charge is 0.294 e. The quantitative estimate of drug-likeness (QED) is 0.0922. The van der Waals surface area contributed by atoms with Gasteiger partial charge in [-0.2, -0.15) is 4.57 Å². The zero-order valence-electron chi connectivity index (χ0n) is 31.6. The molecule has 0 aliphatic carbocycles. The van der Waals surface area contributed by atoms with Crippen LogP contribution in [0.5, 0.6) is 0 Å². The number of nitrogens with zero attached hydrogens (tertiary/aromatic N) is 4. The fourth-order valence-electron chi connectivity index (χ4n) is 8.48. The maximum Gasteiger partial charge on any atom is 0.250 e. The molecule has 0 saturated heterocycles. The molecule has 264 valence electrons. The molecular weight excluding hydrogens is 673 g/mol. The van der Waals surface area contributed by atoms with Crippen molar-refractivity contribution in [2.75, 3.05) is 0 Å². The lowest BCUT2D eigenvalue weighted by atomic mass is 9.88. The van der Waals surface area contributed by atoms with Crippen molar-refractivity contribution in [2.24, 2.45) is 0 Å². The Morgan fingerprint density at radius 2 is 1.17 bits per heavy atom. The molecule has 0 amide bonds. The van der Waals surface area contributed by atoms with E-state index < -0.39 is 8.07 Å². The summed E-state index contributed by atoms with van der Waals surface area (Å²) in [6.07, 6.45) is 4.23. The highest BCUT2D eigenvalue weighted by Crippen LogP contribution is 2.33. The van der Waals surface area contributed by atoms with E-state index in [0.29, 0.717) is 6.04 Å². The lowest BCUT2D eigenvalue weighted by molar-refractivity contribution is -0.691. The van der Waals surface area contributed by atoms with E-state index in [4.69, 9.17) is 4.98 Å². The number of hydrogen-bond donors (Lipinski definition) is 0. The Kier molecular flexibility index (Phi) is 8.20. The Balaban J connectivity index is 1.37. The molecule has 9 rings (SSSR count). The third-order valence-electron chi connectivity index (χ3n) is 11.1. The van der Waals surface area contributed by atoms with Crippen LogP contribution in [0.25, 0.3) is 44.3 Å². The van der Waals surface area contributed by atoms with Gasteiger partial charge in [-0.1, -0.05) is 136 Å². The van der Waals surface area contributed by atoms with Gasteiger partial charge in [-0.3, -0.25) is 4.57 Å². The Morgan fingerprint density at radius 3 is 1.87 bits per heavy atom. The number of pyridine rings is 1. The minimum Gasteiger partial charge on any atom is -0.294 e. The molecule has 3 heterocycles. The van der Waals surface area contributed by atoms with E-state index in [0.717, 1.165) is 17.0 Å². The average Bonchev–Trinajstić information content (AvgIpc) is 3.76. The first-order chi connectivity index (χ1) is 26.2. The van der Waals surface area contributed by atoms with E-state index in [9.17, 15) is 0 Å². The van der Waals surface area contributed by atoms with E-state index in [1.54, 1.807) is 0 Å². The highest BCUT2D eigenvalue weighted by atomic mass is 28.3. The molecule has 9 aromatic rings. The predicted octanol–water partition coefficient (Wildman–Crippen LogP) is 8.67. The second kappa shape index (κ2) is 13.1. The zero-order chi connectivity index (χ0) is 37.0. The number of imidazole rings is 1. The van der Waals surface area contributed by atoms with Gasteiger partial charge in [0, 0.05) is 17.0 Å². The third-order valence-corrected chi connectivity index (χ3v) is 15.9. The molecule has 0 N–H and O–H groups in total. The van der Waals surface area contributed by atoms with Crippen LogP contribution in [0.15, 0.2) is 176 Å². The Hall–Kier alpha value is -6.04. The van der Waals surface area contributed by atoms with Crippen molar-refractivity contribution in [1.29, 1.82) is 0 Å². The van der Waals surface area contributed by atoms with E-state index >= 15 is 0 Å². The van der Waals surface area contributed by atoms with Crippen LogP contribution in [0.4, 0.5) is 0 Å². The van der Waals surface area contributed by atoms with Gasteiger partial charge in [-0.15, -0.1) is 0 Å². The average molecular weight is 718 g/mol. The SMILES string of the molecule is CC(C)[n+]1cn(-c2cccc([Si](c3ccccc3)(c3ccccc3)c3ccc4c5ccccc5n(-c5cc(C(C)(C)C)ccn5)c4c3)c2)c2ccccc21. The number of rotatable bonds is 7. The van der Waals surface area contributed by atoms with E-state index in [1.807, 2.05) is 6.20 Å². The van der Waals surface area contributed by atoms with Gasteiger partial charge in [0.15, 0.2) is 19.1 Å². The topological polar surface area (TPSA) is 26.6 Å². The van der Waals surface area contributed by atoms with Gasteiger partial charge < -0.3 is 0 Å². The number of para-hydroxylation sites is 3. The predicted molar refractivity (Wildman–Crippen MR) is 228 cm³/mol. The summed E-state index contributed by atoms with van der Waals surface area (Å²) in [6.45, 7) is 11.3. The fraction of sp³-hybridized carbons (Fsp3) is 0.143. The van der Waals surface area contributed by atoms with E-state index in [1.165, 1.54) is 53.6 Å². The summed E-state index contributed by atoms with van der Waals surface area (Å²) in [6, 6.07) is 61.3. The first kappa shape index (κ1) is 33.8. The van der Waals surface area contributed by atoms with Crippen LogP contribution in [0, 0.1) is 0 Å². The van der Waals surface area contributed by atoms with Crippen molar-refractivity contribution in [3.63, 3.8) is 0 Å². The molecule has 5 heteroatoms. The van der Waals surface area contributed by atoms with Crippen LogP contribution in [-0.2, 0) is 5.41 Å². The molecule has 0 saturated carbocycles. The summed E-state index contributed by atoms with van der Waals surface area (Å²) in [4.78, 5) is 5.02. The molecule has 6 aromatic carbocycles. The summed E-state index contributed by atoms with van der Waals surface area (Å²) < 4.78 is 7.12. The van der Waals surface area contributed by atoms with Crippen LogP contribution >= 0.6 is 0 Å². The second-order valence-electron chi connectivity index (χ2n) is 15.7. The molecular formula is C49H45N4Si+. The summed E-state index contributed by atoms with van der Waals surface area (Å²) in [5.74, 6) is 0.942. The molecule has 0 radical (unpaired) electrons. The molecule has 0 fully saturated rings. The monoisotopic (exact) mass is 717 g/mol. The first-order valence-electron chi connectivity index (χ1n) is 19.0. The highest BCUT2D eigenvalue weighted by molar-refractivity contribution is 7.20. The minimum absolute atomic E-state index is 0.00516. The molecule has 0 unspecified atom stereocenters. The van der Waals surface area contributed by atoms with Gasteiger partial charge >= 0.3 is 0 Å². The number of benzene rings is 6. The lowest BCUT2D eigenvalue weighted by Gasteiger charge is -2.34. The third kappa shape index (κ3) is 5.42. The molecule has 0 atom stereocenters. The summed E-state index contributed by atoms with van der Waals surface area (Å²) in [5.41, 5.74) is 7.18. The smallest absolute Gasteiger partial charge is 0.250 e. The van der Waals surface area contributed by atoms with Crippen molar-refractivity contribution in [3.05, 3.63) is 182 Å². The van der Waals surface area contributed by atoms with Crippen LogP contribution < -0.4 is 25.3 Å².